The maximum atomic E-state index is 13.1. The lowest BCUT2D eigenvalue weighted by molar-refractivity contribution is 0.102. The molecule has 0 atom stereocenters. The Labute approximate surface area is 202 Å². The lowest BCUT2D eigenvalue weighted by Gasteiger charge is -2.34. The molecule has 0 saturated carbocycles. The van der Waals surface area contributed by atoms with Gasteiger partial charge < -0.3 is 19.3 Å². The van der Waals surface area contributed by atoms with Crippen LogP contribution in [0.1, 0.15) is 16.1 Å². The minimum absolute atomic E-state index is 0.0331. The van der Waals surface area contributed by atoms with Gasteiger partial charge in [0.25, 0.3) is 5.91 Å². The van der Waals surface area contributed by atoms with E-state index in [0.29, 0.717) is 22.1 Å². The first kappa shape index (κ1) is 26.0. The number of carbonyl (C=O) groups excluding carboxylic acids is 1. The summed E-state index contributed by atoms with van der Waals surface area (Å²) < 4.78 is 31.3. The number of amides is 1. The molecule has 0 fully saturated rings. The molecular formula is C23H29N4O5PS. The van der Waals surface area contributed by atoms with Gasteiger partial charge in [-0.1, -0.05) is 29.8 Å². The van der Waals surface area contributed by atoms with Gasteiger partial charge in [0.15, 0.2) is 19.9 Å². The Balaban J connectivity index is 1.83. The standard InChI is InChI=1S/C23H29N4O5PS/c1-16-6-8-17(9-7-16)20-14-24-22(27(2)3)21(26-20)23(28)25-18-10-12-19(13-11-18)34(29,30)15-33(31-4)32-5/h6-14,29-30H,15H2,1-5H3,(H,25,28). The van der Waals surface area contributed by atoms with Gasteiger partial charge in [0, 0.05) is 39.6 Å². The van der Waals surface area contributed by atoms with Gasteiger partial charge in [0.05, 0.1) is 16.8 Å². The van der Waals surface area contributed by atoms with Crippen LogP contribution in [-0.4, -0.2) is 58.8 Å². The Bertz CT molecular complexity index is 1120. The van der Waals surface area contributed by atoms with E-state index in [0.717, 1.165) is 11.1 Å². The molecule has 34 heavy (non-hydrogen) atoms. The average Bonchev–Trinajstić information content (AvgIpc) is 2.83. The second-order valence-electron chi connectivity index (χ2n) is 7.66. The molecule has 0 aliphatic rings. The normalized spacial score (nSPS) is 12.0. The number of nitrogens with zero attached hydrogens (tertiary/aromatic N) is 3. The summed E-state index contributed by atoms with van der Waals surface area (Å²) in [6.45, 7) is 2.00. The summed E-state index contributed by atoms with van der Waals surface area (Å²) in [7, 11) is 2.00. The molecule has 2 aromatic carbocycles. The average molecular weight is 505 g/mol. The molecule has 0 bridgehead atoms. The topological polar surface area (TPSA) is 117 Å². The number of hydrogen-bond donors (Lipinski definition) is 3. The number of aryl methyl sites for hydroxylation is 1. The fourth-order valence-corrected chi connectivity index (χ4v) is 6.41. The highest BCUT2D eigenvalue weighted by Gasteiger charge is 2.23. The first-order valence-corrected chi connectivity index (χ1v) is 13.4. The highest BCUT2D eigenvalue weighted by Crippen LogP contribution is 2.58. The molecule has 1 aromatic heterocycles. The van der Waals surface area contributed by atoms with Crippen molar-refractivity contribution in [2.24, 2.45) is 0 Å². The Morgan fingerprint density at radius 1 is 1.06 bits per heavy atom. The summed E-state index contributed by atoms with van der Waals surface area (Å²) in [6, 6.07) is 14.2. The van der Waals surface area contributed by atoms with Gasteiger partial charge in [-0.3, -0.25) is 13.9 Å². The van der Waals surface area contributed by atoms with Crippen LogP contribution in [0.2, 0.25) is 0 Å². The molecule has 1 amide bonds. The molecule has 3 aromatic rings. The zero-order valence-corrected chi connectivity index (χ0v) is 21.4. The fraction of sp³-hybridized carbons (Fsp3) is 0.261. The van der Waals surface area contributed by atoms with Crippen molar-refractivity contribution in [3.05, 3.63) is 66.0 Å². The quantitative estimate of drug-likeness (QED) is 0.330. The van der Waals surface area contributed by atoms with Crippen molar-refractivity contribution in [1.29, 1.82) is 0 Å². The van der Waals surface area contributed by atoms with Crippen LogP contribution in [0.3, 0.4) is 0 Å². The molecule has 0 saturated heterocycles. The highest BCUT2D eigenvalue weighted by molar-refractivity contribution is 8.27. The third-order valence-corrected chi connectivity index (χ3v) is 9.05. The summed E-state index contributed by atoms with van der Waals surface area (Å²) in [4.78, 5) is 24.2. The molecule has 3 N–H and O–H groups in total. The number of aromatic nitrogens is 2. The van der Waals surface area contributed by atoms with Crippen LogP contribution in [0.15, 0.2) is 59.6 Å². The summed E-state index contributed by atoms with van der Waals surface area (Å²) >= 11 is 0. The third kappa shape index (κ3) is 6.29. The van der Waals surface area contributed by atoms with Crippen molar-refractivity contribution in [3.63, 3.8) is 0 Å². The van der Waals surface area contributed by atoms with Crippen LogP contribution in [-0.2, 0) is 9.05 Å². The van der Waals surface area contributed by atoms with Gasteiger partial charge in [-0.2, -0.15) is 10.6 Å². The van der Waals surface area contributed by atoms with Crippen molar-refractivity contribution >= 4 is 36.4 Å². The molecule has 3 rings (SSSR count). The summed E-state index contributed by atoms with van der Waals surface area (Å²) in [5, 5.41) is 2.82. The Hall–Kier alpha value is -2.59. The van der Waals surface area contributed by atoms with E-state index in [1.165, 1.54) is 14.2 Å². The van der Waals surface area contributed by atoms with Crippen LogP contribution in [0.5, 0.6) is 0 Å². The molecule has 11 heteroatoms. The van der Waals surface area contributed by atoms with Crippen LogP contribution < -0.4 is 10.2 Å². The molecule has 9 nitrogen and oxygen atoms in total. The van der Waals surface area contributed by atoms with Gasteiger partial charge >= 0.3 is 0 Å². The Morgan fingerprint density at radius 3 is 2.24 bits per heavy atom. The number of nitrogens with one attached hydrogen (secondary N) is 1. The first-order valence-electron chi connectivity index (χ1n) is 10.3. The zero-order valence-electron chi connectivity index (χ0n) is 19.7. The van der Waals surface area contributed by atoms with Crippen LogP contribution in [0.25, 0.3) is 11.3 Å². The molecule has 0 aliphatic carbocycles. The fourth-order valence-electron chi connectivity index (χ4n) is 3.07. The summed E-state index contributed by atoms with van der Waals surface area (Å²) in [5.41, 5.74) is 3.21. The molecular weight excluding hydrogens is 475 g/mol. The minimum atomic E-state index is -3.10. The van der Waals surface area contributed by atoms with Gasteiger partial charge in [0.2, 0.25) is 0 Å². The molecule has 1 heterocycles. The molecule has 0 aliphatic heterocycles. The van der Waals surface area contributed by atoms with Crippen LogP contribution in [0, 0.1) is 6.92 Å². The van der Waals surface area contributed by atoms with Gasteiger partial charge in [-0.15, -0.1) is 0 Å². The van der Waals surface area contributed by atoms with Crippen molar-refractivity contribution in [2.45, 2.75) is 11.8 Å². The third-order valence-electron chi connectivity index (χ3n) is 4.92. The van der Waals surface area contributed by atoms with E-state index in [1.807, 2.05) is 31.2 Å². The summed E-state index contributed by atoms with van der Waals surface area (Å²) in [5.74, 6) is 0.0125. The van der Waals surface area contributed by atoms with Crippen molar-refractivity contribution in [1.82, 2.24) is 9.97 Å². The number of anilines is 2. The maximum absolute atomic E-state index is 13.1. The molecule has 182 valence electrons. The van der Waals surface area contributed by atoms with Crippen LogP contribution in [0.4, 0.5) is 11.5 Å². The SMILES string of the molecule is COP(CS(O)(O)c1ccc(NC(=O)c2nc(-c3ccc(C)cc3)cnc2N(C)C)cc1)OC. The predicted octanol–water partition coefficient (Wildman–Crippen LogP) is 5.44. The maximum Gasteiger partial charge on any atom is 0.278 e. The minimum Gasteiger partial charge on any atom is -0.361 e. The molecule has 0 unspecified atom stereocenters. The predicted molar refractivity (Wildman–Crippen MR) is 138 cm³/mol. The monoisotopic (exact) mass is 504 g/mol. The second kappa shape index (κ2) is 11.2. The van der Waals surface area contributed by atoms with E-state index in [-0.39, 0.29) is 11.2 Å². The van der Waals surface area contributed by atoms with E-state index in [4.69, 9.17) is 9.05 Å². The van der Waals surface area contributed by atoms with E-state index in [1.54, 1.807) is 49.5 Å². The van der Waals surface area contributed by atoms with E-state index < -0.39 is 24.9 Å². The van der Waals surface area contributed by atoms with Crippen LogP contribution >= 0.6 is 19.0 Å². The Morgan fingerprint density at radius 2 is 1.68 bits per heavy atom. The Kier molecular flexibility index (Phi) is 8.59. The molecule has 0 radical (unpaired) electrons. The van der Waals surface area contributed by atoms with Crippen molar-refractivity contribution < 1.29 is 22.9 Å². The van der Waals surface area contributed by atoms with Crippen molar-refractivity contribution in [3.8, 4) is 11.3 Å². The number of benzene rings is 2. The van der Waals surface area contributed by atoms with E-state index in [2.05, 4.69) is 15.3 Å². The van der Waals surface area contributed by atoms with E-state index in [9.17, 15) is 13.9 Å². The summed E-state index contributed by atoms with van der Waals surface area (Å²) in [6.07, 6.45) is 1.64. The van der Waals surface area contributed by atoms with Gasteiger partial charge in [-0.25, -0.2) is 9.97 Å². The first-order chi connectivity index (χ1) is 16.1. The number of hydrogen-bond acceptors (Lipinski definition) is 8. The smallest absolute Gasteiger partial charge is 0.278 e. The molecule has 0 spiro atoms. The van der Waals surface area contributed by atoms with Gasteiger partial charge in [-0.05, 0) is 31.2 Å². The van der Waals surface area contributed by atoms with E-state index >= 15 is 0 Å². The number of carbonyl (C=O) groups is 1. The number of rotatable bonds is 9. The zero-order chi connectivity index (χ0) is 24.9. The second-order valence-corrected chi connectivity index (χ2v) is 11.9. The van der Waals surface area contributed by atoms with Gasteiger partial charge in [0.1, 0.15) is 5.49 Å². The highest BCUT2D eigenvalue weighted by atomic mass is 32.3. The largest absolute Gasteiger partial charge is 0.361 e. The lowest BCUT2D eigenvalue weighted by atomic mass is 10.1. The van der Waals surface area contributed by atoms with Crippen molar-refractivity contribution in [2.75, 3.05) is 44.0 Å². The lowest BCUT2D eigenvalue weighted by Crippen LogP contribution is -2.21.